The maximum Gasteiger partial charge on any atom is 0.573 e. The Hall–Kier alpha value is -4.31. The van der Waals surface area contributed by atoms with Crippen LogP contribution in [-0.4, -0.2) is 31.5 Å². The molecule has 1 aromatic heterocycles. The molecule has 0 unspecified atom stereocenters. The molecule has 4 rings (SSSR count). The number of rotatable bonds is 8. The fourth-order valence-electron chi connectivity index (χ4n) is 3.42. The molecule has 0 saturated heterocycles. The van der Waals surface area contributed by atoms with Crippen LogP contribution in [0.5, 0.6) is 17.2 Å². The van der Waals surface area contributed by atoms with Gasteiger partial charge in [0.25, 0.3) is 0 Å². The van der Waals surface area contributed by atoms with Crippen LogP contribution in [0.3, 0.4) is 0 Å². The molecule has 6 nitrogen and oxygen atoms in total. The zero-order valence-corrected chi connectivity index (χ0v) is 20.5. The number of nitrogens with one attached hydrogen (secondary N) is 1. The third kappa shape index (κ3) is 6.89. The Balaban J connectivity index is 1.42. The Morgan fingerprint density at radius 3 is 2.19 bits per heavy atom. The summed E-state index contributed by atoms with van der Waals surface area (Å²) in [5, 5.41) is 5.06. The quantitative estimate of drug-likeness (QED) is 0.249. The van der Waals surface area contributed by atoms with Crippen LogP contribution in [0, 0.1) is 0 Å². The van der Waals surface area contributed by atoms with Crippen LogP contribution < -0.4 is 19.5 Å². The van der Waals surface area contributed by atoms with Gasteiger partial charge in [0.1, 0.15) is 17.2 Å². The lowest BCUT2D eigenvalue weighted by Crippen LogP contribution is -2.16. The molecule has 0 aliphatic rings. The van der Waals surface area contributed by atoms with Crippen LogP contribution in [0.4, 0.5) is 18.3 Å². The Bertz CT molecular complexity index is 1400. The number of halogens is 3. The summed E-state index contributed by atoms with van der Waals surface area (Å²) in [7, 11) is 3.09. The Morgan fingerprint density at radius 2 is 1.54 bits per heavy atom. The monoisotopic (exact) mass is 526 g/mol. The number of aromatic nitrogens is 1. The summed E-state index contributed by atoms with van der Waals surface area (Å²) < 4.78 is 51.6. The summed E-state index contributed by atoms with van der Waals surface area (Å²) in [4.78, 5) is 16.9. The van der Waals surface area contributed by atoms with Gasteiger partial charge < -0.3 is 14.2 Å². The first-order valence-electron chi connectivity index (χ1n) is 10.9. The molecule has 1 N–H and O–H groups in total. The molecule has 0 aliphatic heterocycles. The topological polar surface area (TPSA) is 69.7 Å². The number of amides is 1. The van der Waals surface area contributed by atoms with E-state index in [0.717, 1.165) is 22.6 Å². The fraction of sp³-hybridized carbons (Fsp3) is 0.111. The van der Waals surface area contributed by atoms with E-state index >= 15 is 0 Å². The van der Waals surface area contributed by atoms with Crippen molar-refractivity contribution >= 4 is 28.5 Å². The summed E-state index contributed by atoms with van der Waals surface area (Å²) >= 11 is 1.31. The molecule has 1 heterocycles. The average molecular weight is 527 g/mol. The minimum atomic E-state index is -4.75. The number of hydrogen-bond acceptors (Lipinski definition) is 6. The number of carbonyl (C=O) groups is 1. The summed E-state index contributed by atoms with van der Waals surface area (Å²) in [5.41, 5.74) is 3.70. The second-order valence-corrected chi connectivity index (χ2v) is 8.48. The molecular weight excluding hydrogens is 505 g/mol. The molecule has 0 bridgehead atoms. The molecule has 10 heteroatoms. The predicted molar refractivity (Wildman–Crippen MR) is 137 cm³/mol. The highest BCUT2D eigenvalue weighted by Gasteiger charge is 2.31. The molecule has 4 aromatic rings. The lowest BCUT2D eigenvalue weighted by Gasteiger charge is -2.11. The number of ether oxygens (including phenoxy) is 3. The summed E-state index contributed by atoms with van der Waals surface area (Å²) in [6.07, 6.45) is -1.77. The van der Waals surface area contributed by atoms with Gasteiger partial charge in [0.2, 0.25) is 5.91 Å². The molecule has 0 aliphatic carbocycles. The SMILES string of the molecule is COc1ccc(-c2csc(NC(=O)/C=C/c3ccc(-c4ccc(OC(F)(F)F)cc4)cc3OC)n2)cc1. The van der Waals surface area contributed by atoms with Crippen LogP contribution in [0.15, 0.2) is 78.2 Å². The van der Waals surface area contributed by atoms with Crippen molar-refractivity contribution < 1.29 is 32.2 Å². The lowest BCUT2D eigenvalue weighted by atomic mass is 10.0. The fourth-order valence-corrected chi connectivity index (χ4v) is 4.14. The van der Waals surface area contributed by atoms with Crippen molar-refractivity contribution in [2.45, 2.75) is 6.36 Å². The number of nitrogens with zero attached hydrogens (tertiary/aromatic N) is 1. The lowest BCUT2D eigenvalue weighted by molar-refractivity contribution is -0.274. The van der Waals surface area contributed by atoms with Gasteiger partial charge in [-0.15, -0.1) is 24.5 Å². The number of alkyl halides is 3. The van der Waals surface area contributed by atoms with E-state index in [0.29, 0.717) is 22.0 Å². The van der Waals surface area contributed by atoms with Gasteiger partial charge in [0.15, 0.2) is 5.13 Å². The second-order valence-electron chi connectivity index (χ2n) is 7.62. The van der Waals surface area contributed by atoms with Crippen molar-refractivity contribution in [3.63, 3.8) is 0 Å². The normalized spacial score (nSPS) is 11.4. The van der Waals surface area contributed by atoms with Gasteiger partial charge >= 0.3 is 6.36 Å². The van der Waals surface area contributed by atoms with Gasteiger partial charge in [-0.1, -0.05) is 24.3 Å². The van der Waals surface area contributed by atoms with Gasteiger partial charge in [-0.2, -0.15) is 0 Å². The molecule has 0 spiro atoms. The van der Waals surface area contributed by atoms with Crippen molar-refractivity contribution in [2.24, 2.45) is 0 Å². The van der Waals surface area contributed by atoms with E-state index in [1.165, 1.54) is 48.8 Å². The molecule has 1 amide bonds. The van der Waals surface area contributed by atoms with Gasteiger partial charge in [-0.25, -0.2) is 4.98 Å². The third-order valence-corrected chi connectivity index (χ3v) is 5.95. The maximum absolute atomic E-state index is 12.5. The number of benzene rings is 3. The third-order valence-electron chi connectivity index (χ3n) is 5.19. The van der Waals surface area contributed by atoms with Gasteiger partial charge in [-0.3, -0.25) is 10.1 Å². The minimum Gasteiger partial charge on any atom is -0.497 e. The molecule has 0 fully saturated rings. The van der Waals surface area contributed by atoms with E-state index in [4.69, 9.17) is 9.47 Å². The van der Waals surface area contributed by atoms with Crippen molar-refractivity contribution in [1.82, 2.24) is 4.98 Å². The Labute approximate surface area is 215 Å². The van der Waals surface area contributed by atoms with Crippen molar-refractivity contribution in [2.75, 3.05) is 19.5 Å². The van der Waals surface area contributed by atoms with E-state index < -0.39 is 6.36 Å². The summed E-state index contributed by atoms with van der Waals surface area (Å²) in [6.45, 7) is 0. The Morgan fingerprint density at radius 1 is 0.892 bits per heavy atom. The predicted octanol–water partition coefficient (Wildman–Crippen LogP) is 7.04. The van der Waals surface area contributed by atoms with Crippen molar-refractivity contribution in [3.05, 3.63) is 83.7 Å². The zero-order valence-electron chi connectivity index (χ0n) is 19.7. The number of carbonyl (C=O) groups excluding carboxylic acids is 1. The van der Waals surface area contributed by atoms with Gasteiger partial charge in [0, 0.05) is 22.6 Å². The van der Waals surface area contributed by atoms with Crippen molar-refractivity contribution in [1.29, 1.82) is 0 Å². The maximum atomic E-state index is 12.5. The molecule has 190 valence electrons. The molecule has 0 radical (unpaired) electrons. The number of methoxy groups -OCH3 is 2. The van der Waals surface area contributed by atoms with Crippen molar-refractivity contribution in [3.8, 4) is 39.6 Å². The molecule has 37 heavy (non-hydrogen) atoms. The average Bonchev–Trinajstić information content (AvgIpc) is 3.35. The first-order valence-corrected chi connectivity index (χ1v) is 11.8. The standard InChI is InChI=1S/C27H21F3N2O4S/c1-34-21-10-7-18(8-11-21)23-16-37-26(31-23)32-25(33)14-9-19-3-4-20(15-24(19)35-2)17-5-12-22(13-6-17)36-27(28,29)30/h3-16H,1-2H3,(H,31,32,33)/b14-9+. The first kappa shape index (κ1) is 25.8. The zero-order chi connectivity index (χ0) is 26.4. The largest absolute Gasteiger partial charge is 0.573 e. The molecular formula is C27H21F3N2O4S. The van der Waals surface area contributed by atoms with E-state index in [1.54, 1.807) is 31.4 Å². The second kappa shape index (κ2) is 11.2. The number of anilines is 1. The summed E-state index contributed by atoms with van der Waals surface area (Å²) in [5.74, 6) is 0.579. The van der Waals surface area contributed by atoms with Gasteiger partial charge in [0.05, 0.1) is 19.9 Å². The minimum absolute atomic E-state index is 0.301. The summed E-state index contributed by atoms with van der Waals surface area (Å²) in [6, 6.07) is 18.2. The highest BCUT2D eigenvalue weighted by molar-refractivity contribution is 7.14. The van der Waals surface area contributed by atoms with Crippen LogP contribution in [0.2, 0.25) is 0 Å². The highest BCUT2D eigenvalue weighted by atomic mass is 32.1. The smallest absolute Gasteiger partial charge is 0.497 e. The highest BCUT2D eigenvalue weighted by Crippen LogP contribution is 2.31. The van der Waals surface area contributed by atoms with Crippen LogP contribution in [-0.2, 0) is 4.79 Å². The Kier molecular flexibility index (Phi) is 7.78. The van der Waals surface area contributed by atoms with Crippen LogP contribution >= 0.6 is 11.3 Å². The molecule has 0 saturated carbocycles. The number of hydrogen-bond donors (Lipinski definition) is 1. The van der Waals surface area contributed by atoms with E-state index in [1.807, 2.05) is 29.6 Å². The van der Waals surface area contributed by atoms with E-state index in [9.17, 15) is 18.0 Å². The molecule has 3 aromatic carbocycles. The van der Waals surface area contributed by atoms with E-state index in [2.05, 4.69) is 15.0 Å². The van der Waals surface area contributed by atoms with Crippen LogP contribution in [0.1, 0.15) is 5.56 Å². The van der Waals surface area contributed by atoms with Gasteiger partial charge in [-0.05, 0) is 59.7 Å². The van der Waals surface area contributed by atoms with Crippen LogP contribution in [0.25, 0.3) is 28.5 Å². The van der Waals surface area contributed by atoms with E-state index in [-0.39, 0.29) is 11.7 Å². The number of thiazole rings is 1. The first-order chi connectivity index (χ1) is 17.7. The molecule has 0 atom stereocenters.